The van der Waals surface area contributed by atoms with Crippen LogP contribution in [0.15, 0.2) is 60.7 Å². The number of hydrogen-bond donors (Lipinski definition) is 1. The largest absolute Gasteiger partial charge is 0.381 e. The summed E-state index contributed by atoms with van der Waals surface area (Å²) >= 11 is 0. The Bertz CT molecular complexity index is 606. The molecule has 0 aliphatic heterocycles. The number of Topliss-reactive ketones (excluding diaryl/α,β-unsaturated/α-hetero) is 1. The standard InChI is InChI=1S/C14H12O2.C5H9NO/c15-13(11-7-3-1-4-8-11)14(16)12-9-5-2-6-10-12;1-2-7-5-3-4-6/h1-10,13,15H;2-3,5H2,1H3. The number of ketones is 1. The van der Waals surface area contributed by atoms with Gasteiger partial charge in [-0.25, -0.2) is 0 Å². The first-order valence-electron chi connectivity index (χ1n) is 7.47. The highest BCUT2D eigenvalue weighted by Crippen LogP contribution is 2.17. The fourth-order valence-corrected chi connectivity index (χ4v) is 1.81. The molecule has 2 aromatic carbocycles. The van der Waals surface area contributed by atoms with Crippen LogP contribution in [0.25, 0.3) is 0 Å². The molecule has 1 atom stereocenters. The van der Waals surface area contributed by atoms with E-state index in [1.54, 1.807) is 48.5 Å². The van der Waals surface area contributed by atoms with Crippen LogP contribution < -0.4 is 0 Å². The predicted molar refractivity (Wildman–Crippen MR) is 88.9 cm³/mol. The summed E-state index contributed by atoms with van der Waals surface area (Å²) in [6, 6.07) is 19.7. The van der Waals surface area contributed by atoms with Crippen LogP contribution in [-0.4, -0.2) is 24.1 Å². The van der Waals surface area contributed by atoms with Crippen molar-refractivity contribution < 1.29 is 14.6 Å². The lowest BCUT2D eigenvalue weighted by molar-refractivity contribution is 0.0747. The Labute approximate surface area is 137 Å². The number of nitriles is 1. The van der Waals surface area contributed by atoms with Crippen LogP contribution in [0.3, 0.4) is 0 Å². The van der Waals surface area contributed by atoms with E-state index in [0.717, 1.165) is 0 Å². The first-order chi connectivity index (χ1) is 11.2. The Morgan fingerprint density at radius 3 is 2.22 bits per heavy atom. The predicted octanol–water partition coefficient (Wildman–Crippen LogP) is 3.54. The molecule has 1 unspecified atom stereocenters. The lowest BCUT2D eigenvalue weighted by Crippen LogP contribution is -2.11. The van der Waals surface area contributed by atoms with Crippen molar-refractivity contribution in [2.45, 2.75) is 19.4 Å². The van der Waals surface area contributed by atoms with Gasteiger partial charge in [0.05, 0.1) is 19.1 Å². The van der Waals surface area contributed by atoms with E-state index in [1.807, 2.05) is 25.1 Å². The monoisotopic (exact) mass is 311 g/mol. The van der Waals surface area contributed by atoms with Gasteiger partial charge < -0.3 is 9.84 Å². The zero-order valence-electron chi connectivity index (χ0n) is 13.2. The van der Waals surface area contributed by atoms with E-state index in [2.05, 4.69) is 0 Å². The lowest BCUT2D eigenvalue weighted by Gasteiger charge is -2.09. The molecule has 2 aromatic rings. The molecule has 0 saturated heterocycles. The molecule has 0 saturated carbocycles. The zero-order chi connectivity index (χ0) is 16.9. The molecule has 0 amide bonds. The van der Waals surface area contributed by atoms with Crippen LogP contribution in [-0.2, 0) is 4.74 Å². The molecular weight excluding hydrogens is 290 g/mol. The molecule has 120 valence electrons. The van der Waals surface area contributed by atoms with Gasteiger partial charge in [0.1, 0.15) is 6.10 Å². The van der Waals surface area contributed by atoms with Gasteiger partial charge in [0.25, 0.3) is 0 Å². The quantitative estimate of drug-likeness (QED) is 0.654. The molecule has 0 bridgehead atoms. The van der Waals surface area contributed by atoms with E-state index >= 15 is 0 Å². The molecular formula is C19H21NO3. The van der Waals surface area contributed by atoms with E-state index in [1.165, 1.54) is 0 Å². The van der Waals surface area contributed by atoms with E-state index in [9.17, 15) is 9.90 Å². The van der Waals surface area contributed by atoms with Crippen LogP contribution >= 0.6 is 0 Å². The summed E-state index contributed by atoms with van der Waals surface area (Å²) in [7, 11) is 0. The van der Waals surface area contributed by atoms with Gasteiger partial charge in [-0.15, -0.1) is 0 Å². The van der Waals surface area contributed by atoms with Crippen molar-refractivity contribution in [2.24, 2.45) is 0 Å². The summed E-state index contributed by atoms with van der Waals surface area (Å²) in [5, 5.41) is 17.9. The average molecular weight is 311 g/mol. The maximum atomic E-state index is 11.9. The number of carbonyl (C=O) groups is 1. The molecule has 0 radical (unpaired) electrons. The van der Waals surface area contributed by atoms with E-state index in [0.29, 0.717) is 30.8 Å². The number of rotatable bonds is 6. The third-order valence-corrected chi connectivity index (χ3v) is 2.98. The van der Waals surface area contributed by atoms with Crippen molar-refractivity contribution in [1.29, 1.82) is 5.26 Å². The van der Waals surface area contributed by atoms with Crippen LogP contribution in [0.1, 0.15) is 35.4 Å². The van der Waals surface area contributed by atoms with Gasteiger partial charge in [-0.3, -0.25) is 4.79 Å². The summed E-state index contributed by atoms with van der Waals surface area (Å²) in [5.41, 5.74) is 1.15. The highest BCUT2D eigenvalue weighted by atomic mass is 16.5. The minimum Gasteiger partial charge on any atom is -0.381 e. The second-order valence-electron chi connectivity index (χ2n) is 4.65. The first-order valence-corrected chi connectivity index (χ1v) is 7.47. The van der Waals surface area contributed by atoms with Crippen molar-refractivity contribution in [3.63, 3.8) is 0 Å². The molecule has 0 heterocycles. The molecule has 2 rings (SSSR count). The summed E-state index contributed by atoms with van der Waals surface area (Å²) in [6.45, 7) is 3.20. The number of aliphatic hydroxyl groups is 1. The number of ether oxygens (including phenoxy) is 1. The summed E-state index contributed by atoms with van der Waals surface area (Å²) in [5.74, 6) is -0.271. The molecule has 23 heavy (non-hydrogen) atoms. The van der Waals surface area contributed by atoms with Crippen LogP contribution in [0.5, 0.6) is 0 Å². The third kappa shape index (κ3) is 6.88. The van der Waals surface area contributed by atoms with Crippen LogP contribution in [0.2, 0.25) is 0 Å². The number of nitrogens with zero attached hydrogens (tertiary/aromatic N) is 1. The second-order valence-corrected chi connectivity index (χ2v) is 4.65. The SMILES string of the molecule is CCOCCC#N.O=C(c1ccccc1)C(O)c1ccccc1. The Balaban J connectivity index is 0.000000322. The molecule has 0 aliphatic rings. The molecule has 4 nitrogen and oxygen atoms in total. The summed E-state index contributed by atoms with van der Waals surface area (Å²) in [4.78, 5) is 11.9. The van der Waals surface area contributed by atoms with Gasteiger partial charge in [-0.05, 0) is 12.5 Å². The van der Waals surface area contributed by atoms with E-state index in [-0.39, 0.29) is 5.78 Å². The van der Waals surface area contributed by atoms with Gasteiger partial charge in [0.15, 0.2) is 5.78 Å². The smallest absolute Gasteiger partial charge is 0.195 e. The van der Waals surface area contributed by atoms with Gasteiger partial charge >= 0.3 is 0 Å². The molecule has 0 aliphatic carbocycles. The van der Waals surface area contributed by atoms with Gasteiger partial charge in [0, 0.05) is 12.2 Å². The van der Waals surface area contributed by atoms with Crippen molar-refractivity contribution in [3.8, 4) is 6.07 Å². The minimum absolute atomic E-state index is 0.271. The number of aliphatic hydroxyl groups excluding tert-OH is 1. The third-order valence-electron chi connectivity index (χ3n) is 2.98. The van der Waals surface area contributed by atoms with Crippen molar-refractivity contribution in [3.05, 3.63) is 71.8 Å². The Kier molecular flexibility index (Phi) is 8.99. The maximum absolute atomic E-state index is 11.9. The molecule has 1 N–H and O–H groups in total. The van der Waals surface area contributed by atoms with Crippen LogP contribution in [0, 0.1) is 11.3 Å². The van der Waals surface area contributed by atoms with Crippen molar-refractivity contribution >= 4 is 5.78 Å². The van der Waals surface area contributed by atoms with E-state index in [4.69, 9.17) is 10.00 Å². The lowest BCUT2D eigenvalue weighted by atomic mass is 10.0. The van der Waals surface area contributed by atoms with Gasteiger partial charge in [-0.1, -0.05) is 60.7 Å². The summed E-state index contributed by atoms with van der Waals surface area (Å²) < 4.78 is 4.85. The Hall–Kier alpha value is -2.48. The van der Waals surface area contributed by atoms with Crippen molar-refractivity contribution in [2.75, 3.05) is 13.2 Å². The second kappa shape index (κ2) is 11.1. The maximum Gasteiger partial charge on any atom is 0.195 e. The van der Waals surface area contributed by atoms with Crippen molar-refractivity contribution in [1.82, 2.24) is 0 Å². The number of benzene rings is 2. The molecule has 4 heteroatoms. The van der Waals surface area contributed by atoms with Gasteiger partial charge in [0.2, 0.25) is 0 Å². The highest BCUT2D eigenvalue weighted by molar-refractivity contribution is 5.99. The van der Waals surface area contributed by atoms with E-state index < -0.39 is 6.10 Å². The fourth-order valence-electron chi connectivity index (χ4n) is 1.81. The van der Waals surface area contributed by atoms with Crippen LogP contribution in [0.4, 0.5) is 0 Å². The fraction of sp³-hybridized carbons (Fsp3) is 0.263. The topological polar surface area (TPSA) is 70.3 Å². The average Bonchev–Trinajstić information content (AvgIpc) is 2.63. The molecule has 0 spiro atoms. The molecule has 0 fully saturated rings. The summed E-state index contributed by atoms with van der Waals surface area (Å²) in [6.07, 6.45) is -0.572. The minimum atomic E-state index is -1.08. The number of carbonyl (C=O) groups excluding carboxylic acids is 1. The zero-order valence-corrected chi connectivity index (χ0v) is 13.2. The molecule has 0 aromatic heterocycles. The Morgan fingerprint density at radius 2 is 1.70 bits per heavy atom. The normalized spacial score (nSPS) is 10.8. The first kappa shape index (κ1) is 18.6. The Morgan fingerprint density at radius 1 is 1.13 bits per heavy atom. The number of hydrogen-bond acceptors (Lipinski definition) is 4. The highest BCUT2D eigenvalue weighted by Gasteiger charge is 2.18. The van der Waals surface area contributed by atoms with Gasteiger partial charge in [-0.2, -0.15) is 5.26 Å².